The van der Waals surface area contributed by atoms with Crippen LogP contribution in [0.4, 0.5) is 0 Å². The molecule has 0 spiro atoms. The van der Waals surface area contributed by atoms with Crippen molar-refractivity contribution in [2.45, 2.75) is 6.10 Å². The lowest BCUT2D eigenvalue weighted by Gasteiger charge is -2.09. The quantitative estimate of drug-likeness (QED) is 0.684. The Labute approximate surface area is 96.0 Å². The van der Waals surface area contributed by atoms with Crippen LogP contribution in [0.1, 0.15) is 0 Å². The molecule has 72 valence electrons. The average molecular weight is 313 g/mol. The molecule has 0 aliphatic heterocycles. The third-order valence-corrected chi connectivity index (χ3v) is 2.67. The first-order valence-corrected chi connectivity index (χ1v) is 5.75. The van der Waals surface area contributed by atoms with E-state index in [4.69, 9.17) is 16.3 Å². The second-order valence-corrected chi connectivity index (χ2v) is 3.89. The first-order valence-electron chi connectivity index (χ1n) is 3.85. The largest absolute Gasteiger partial charge is 0.491 e. The van der Waals surface area contributed by atoms with Crippen LogP contribution in [0.5, 0.6) is 5.75 Å². The molecule has 1 unspecified atom stereocenters. The SMILES string of the molecule is OC(CI)COc1cccc(Cl)c1. The highest BCUT2D eigenvalue weighted by molar-refractivity contribution is 14.1. The highest BCUT2D eigenvalue weighted by Gasteiger charge is 2.02. The lowest BCUT2D eigenvalue weighted by Crippen LogP contribution is -2.18. The van der Waals surface area contributed by atoms with Gasteiger partial charge in [0.25, 0.3) is 0 Å². The van der Waals surface area contributed by atoms with Gasteiger partial charge in [-0.05, 0) is 18.2 Å². The molecule has 1 aromatic rings. The van der Waals surface area contributed by atoms with Crippen LogP contribution in [0.2, 0.25) is 5.02 Å². The Morgan fingerprint density at radius 3 is 2.92 bits per heavy atom. The summed E-state index contributed by atoms with van der Waals surface area (Å²) in [5.41, 5.74) is 0. The fraction of sp³-hybridized carbons (Fsp3) is 0.333. The van der Waals surface area contributed by atoms with E-state index >= 15 is 0 Å². The summed E-state index contributed by atoms with van der Waals surface area (Å²) in [6.45, 7) is 0.309. The van der Waals surface area contributed by atoms with Crippen LogP contribution in [-0.2, 0) is 0 Å². The molecule has 1 atom stereocenters. The molecule has 0 saturated heterocycles. The van der Waals surface area contributed by atoms with Gasteiger partial charge in [-0.15, -0.1) is 0 Å². The Morgan fingerprint density at radius 1 is 1.54 bits per heavy atom. The molecule has 4 heteroatoms. The fourth-order valence-corrected chi connectivity index (χ4v) is 1.23. The van der Waals surface area contributed by atoms with Gasteiger partial charge in [0, 0.05) is 9.45 Å². The third-order valence-electron chi connectivity index (χ3n) is 1.42. The van der Waals surface area contributed by atoms with Crippen molar-refractivity contribution in [2.24, 2.45) is 0 Å². The molecule has 0 fully saturated rings. The molecule has 13 heavy (non-hydrogen) atoms. The summed E-state index contributed by atoms with van der Waals surface area (Å²) in [5.74, 6) is 0.691. The number of alkyl halides is 1. The molecule has 0 radical (unpaired) electrons. The molecule has 0 amide bonds. The molecule has 2 nitrogen and oxygen atoms in total. The second kappa shape index (κ2) is 5.67. The summed E-state index contributed by atoms with van der Waals surface area (Å²) in [4.78, 5) is 0. The summed E-state index contributed by atoms with van der Waals surface area (Å²) >= 11 is 7.86. The highest BCUT2D eigenvalue weighted by Crippen LogP contribution is 2.17. The lowest BCUT2D eigenvalue weighted by molar-refractivity contribution is 0.128. The third kappa shape index (κ3) is 4.15. The van der Waals surface area contributed by atoms with Crippen LogP contribution in [0.25, 0.3) is 0 Å². The van der Waals surface area contributed by atoms with Crippen molar-refractivity contribution in [1.82, 2.24) is 0 Å². The van der Waals surface area contributed by atoms with Crippen LogP contribution in [-0.4, -0.2) is 22.2 Å². The molecular formula is C9H10ClIO2. The van der Waals surface area contributed by atoms with Crippen LogP contribution in [0.15, 0.2) is 24.3 Å². The Morgan fingerprint density at radius 2 is 2.31 bits per heavy atom. The van der Waals surface area contributed by atoms with Gasteiger partial charge in [-0.1, -0.05) is 40.3 Å². The van der Waals surface area contributed by atoms with Crippen molar-refractivity contribution in [3.63, 3.8) is 0 Å². The summed E-state index contributed by atoms with van der Waals surface area (Å²) < 4.78 is 5.97. The van der Waals surface area contributed by atoms with Crippen molar-refractivity contribution in [1.29, 1.82) is 0 Å². The molecule has 1 N–H and O–H groups in total. The minimum absolute atomic E-state index is 0.309. The maximum atomic E-state index is 9.22. The number of halogens is 2. The predicted octanol–water partition coefficient (Wildman–Crippen LogP) is 2.51. The van der Waals surface area contributed by atoms with Gasteiger partial charge in [0.2, 0.25) is 0 Å². The summed E-state index contributed by atoms with van der Waals surface area (Å²) in [5, 5.41) is 9.86. The van der Waals surface area contributed by atoms with E-state index < -0.39 is 6.10 Å². The minimum atomic E-state index is -0.417. The number of aliphatic hydroxyl groups excluding tert-OH is 1. The maximum absolute atomic E-state index is 9.22. The molecule has 0 bridgehead atoms. The Kier molecular flexibility index (Phi) is 4.83. The fourth-order valence-electron chi connectivity index (χ4n) is 0.794. The summed E-state index contributed by atoms with van der Waals surface area (Å²) in [7, 11) is 0. The standard InChI is InChI=1S/C9H10ClIO2/c10-7-2-1-3-9(4-7)13-6-8(12)5-11/h1-4,8,12H,5-6H2. The van der Waals surface area contributed by atoms with Crippen molar-refractivity contribution in [3.05, 3.63) is 29.3 Å². The maximum Gasteiger partial charge on any atom is 0.120 e. The first kappa shape index (κ1) is 11.1. The molecular weight excluding hydrogens is 302 g/mol. The van der Waals surface area contributed by atoms with E-state index in [0.29, 0.717) is 21.8 Å². The number of ether oxygens (including phenoxy) is 1. The normalized spacial score (nSPS) is 12.5. The summed E-state index contributed by atoms with van der Waals surface area (Å²) in [6, 6.07) is 7.13. The predicted molar refractivity (Wildman–Crippen MR) is 61.8 cm³/mol. The van der Waals surface area contributed by atoms with Crippen LogP contribution >= 0.6 is 34.2 Å². The van der Waals surface area contributed by atoms with Crippen LogP contribution < -0.4 is 4.74 Å². The minimum Gasteiger partial charge on any atom is -0.491 e. The van der Waals surface area contributed by atoms with Crippen molar-refractivity contribution in [3.8, 4) is 5.75 Å². The zero-order valence-electron chi connectivity index (χ0n) is 6.91. The van der Waals surface area contributed by atoms with Crippen molar-refractivity contribution < 1.29 is 9.84 Å². The van der Waals surface area contributed by atoms with Gasteiger partial charge in [-0.2, -0.15) is 0 Å². The van der Waals surface area contributed by atoms with E-state index in [2.05, 4.69) is 22.6 Å². The van der Waals surface area contributed by atoms with Crippen LogP contribution in [0, 0.1) is 0 Å². The zero-order valence-corrected chi connectivity index (χ0v) is 9.83. The smallest absolute Gasteiger partial charge is 0.120 e. The molecule has 1 rings (SSSR count). The average Bonchev–Trinajstić information content (AvgIpc) is 2.14. The van der Waals surface area contributed by atoms with E-state index in [0.717, 1.165) is 0 Å². The number of rotatable bonds is 4. The van der Waals surface area contributed by atoms with Gasteiger partial charge in [0.15, 0.2) is 0 Å². The molecule has 0 aliphatic carbocycles. The van der Waals surface area contributed by atoms with Crippen LogP contribution in [0.3, 0.4) is 0 Å². The monoisotopic (exact) mass is 312 g/mol. The number of hydrogen-bond donors (Lipinski definition) is 1. The van der Waals surface area contributed by atoms with E-state index in [1.807, 2.05) is 12.1 Å². The van der Waals surface area contributed by atoms with E-state index in [1.165, 1.54) is 0 Å². The van der Waals surface area contributed by atoms with E-state index in [-0.39, 0.29) is 0 Å². The highest BCUT2D eigenvalue weighted by atomic mass is 127. The van der Waals surface area contributed by atoms with Gasteiger partial charge in [0.1, 0.15) is 12.4 Å². The van der Waals surface area contributed by atoms with Crippen molar-refractivity contribution in [2.75, 3.05) is 11.0 Å². The Bertz CT molecular complexity index is 268. The Balaban J connectivity index is 2.45. The number of aliphatic hydroxyl groups is 1. The van der Waals surface area contributed by atoms with E-state index in [1.54, 1.807) is 12.1 Å². The van der Waals surface area contributed by atoms with Gasteiger partial charge in [-0.3, -0.25) is 0 Å². The van der Waals surface area contributed by atoms with Gasteiger partial charge >= 0.3 is 0 Å². The Hall–Kier alpha value is -0.000000000000000111. The number of benzene rings is 1. The molecule has 0 saturated carbocycles. The van der Waals surface area contributed by atoms with E-state index in [9.17, 15) is 5.11 Å². The lowest BCUT2D eigenvalue weighted by atomic mass is 10.3. The van der Waals surface area contributed by atoms with Gasteiger partial charge < -0.3 is 9.84 Å². The molecule has 1 aromatic carbocycles. The first-order chi connectivity index (χ1) is 6.22. The number of hydrogen-bond acceptors (Lipinski definition) is 2. The second-order valence-electron chi connectivity index (χ2n) is 2.58. The zero-order chi connectivity index (χ0) is 9.68. The van der Waals surface area contributed by atoms with Gasteiger partial charge in [-0.25, -0.2) is 0 Å². The summed E-state index contributed by atoms with van der Waals surface area (Å²) in [6.07, 6.45) is -0.417. The molecule has 0 aromatic heterocycles. The molecule has 0 aliphatic rings. The van der Waals surface area contributed by atoms with Gasteiger partial charge in [0.05, 0.1) is 6.10 Å². The van der Waals surface area contributed by atoms with Crippen molar-refractivity contribution >= 4 is 34.2 Å². The molecule has 0 heterocycles. The topological polar surface area (TPSA) is 29.5 Å².